The van der Waals surface area contributed by atoms with E-state index < -0.39 is 0 Å². The minimum absolute atomic E-state index is 0. The Hall–Kier alpha value is -6.13. The molecule has 5 heteroatoms. The van der Waals surface area contributed by atoms with Crippen LogP contribution in [0.3, 0.4) is 0 Å². The van der Waals surface area contributed by atoms with Crippen LogP contribution in [-0.2, 0) is 20.1 Å². The Morgan fingerprint density at radius 2 is 1.20 bits per heavy atom. The Balaban J connectivity index is 0.000000228. The number of nitrogens with zero attached hydrogens (tertiary/aromatic N) is 3. The molecule has 0 aliphatic heterocycles. The van der Waals surface area contributed by atoms with Gasteiger partial charge >= 0.3 is 0 Å². The zero-order chi connectivity index (χ0) is 33.0. The SMILES string of the molecule is [Ir].[c-]1cc2c(cc1-c1ccccn1)c1cc(-c3ccccc3)cc3c4ccc5oc6ccccc6c5c4n2c13.[c-]1ccccc1-c1ccccn1. The fourth-order valence-electron chi connectivity index (χ4n) is 7.31. The van der Waals surface area contributed by atoms with Crippen LogP contribution in [0.15, 0.2) is 168 Å². The van der Waals surface area contributed by atoms with E-state index in [9.17, 15) is 0 Å². The molecule has 6 aromatic carbocycles. The van der Waals surface area contributed by atoms with E-state index in [4.69, 9.17) is 4.42 Å². The van der Waals surface area contributed by atoms with E-state index in [1.54, 1.807) is 6.20 Å². The van der Waals surface area contributed by atoms with Crippen molar-refractivity contribution in [1.82, 2.24) is 14.4 Å². The minimum Gasteiger partial charge on any atom is -0.456 e. The molecule has 0 spiro atoms. The van der Waals surface area contributed by atoms with Gasteiger partial charge in [-0.1, -0.05) is 78.2 Å². The Bertz CT molecular complexity index is 2920. The van der Waals surface area contributed by atoms with E-state index in [2.05, 4.69) is 105 Å². The van der Waals surface area contributed by atoms with Crippen molar-refractivity contribution in [2.24, 2.45) is 0 Å². The second kappa shape index (κ2) is 12.6. The topological polar surface area (TPSA) is 43.3 Å². The minimum atomic E-state index is 0. The third-order valence-electron chi connectivity index (χ3n) is 9.52. The van der Waals surface area contributed by atoms with Gasteiger partial charge in [0.15, 0.2) is 0 Å². The number of pyridine rings is 2. The van der Waals surface area contributed by atoms with Crippen molar-refractivity contribution >= 4 is 60.0 Å². The first-order chi connectivity index (χ1) is 24.8. The van der Waals surface area contributed by atoms with Gasteiger partial charge in [0, 0.05) is 48.7 Å². The van der Waals surface area contributed by atoms with E-state index in [1.807, 2.05) is 79.0 Å². The molecule has 0 saturated carbocycles. The van der Waals surface area contributed by atoms with E-state index in [0.717, 1.165) is 50.0 Å². The molecule has 5 aromatic heterocycles. The standard InChI is InChI=1S/C35H19N2O.C11H8N.Ir/c1-2-8-21(9-3-1)23-19-27-24-14-16-32-33(25-10-4-5-12-31(25)38-32)35(24)37-30-15-13-22(29-11-6-7-17-36-29)18-26(30)28(20-23)34(27)37;1-2-6-10(7-3-1)11-8-4-5-9-12-11;/h1-12,14-20H;1-6,8-9H;/q2*-1;. The maximum absolute atomic E-state index is 6.30. The van der Waals surface area contributed by atoms with E-state index in [0.29, 0.717) is 0 Å². The molecule has 11 rings (SSSR count). The zero-order valence-corrected chi connectivity index (χ0v) is 29.6. The van der Waals surface area contributed by atoms with E-state index >= 15 is 0 Å². The summed E-state index contributed by atoms with van der Waals surface area (Å²) in [6.07, 6.45) is 3.62. The molecule has 0 unspecified atom stereocenters. The van der Waals surface area contributed by atoms with E-state index in [1.165, 1.54) is 43.7 Å². The van der Waals surface area contributed by atoms with Crippen LogP contribution in [0.2, 0.25) is 0 Å². The average Bonchev–Trinajstić information content (AvgIpc) is 3.85. The number of fused-ring (bicyclic) bond motifs is 10. The van der Waals surface area contributed by atoms with Crippen molar-refractivity contribution in [3.63, 3.8) is 0 Å². The number of aromatic nitrogens is 3. The van der Waals surface area contributed by atoms with Crippen LogP contribution in [-0.4, -0.2) is 14.4 Å². The molecule has 0 aliphatic carbocycles. The van der Waals surface area contributed by atoms with Crippen LogP contribution in [0.1, 0.15) is 0 Å². The number of para-hydroxylation sites is 1. The predicted octanol–water partition coefficient (Wildman–Crippen LogP) is 11.8. The molecule has 5 heterocycles. The molecule has 0 fully saturated rings. The number of hydrogen-bond donors (Lipinski definition) is 0. The van der Waals surface area contributed by atoms with Gasteiger partial charge in [-0.15, -0.1) is 59.7 Å². The van der Waals surface area contributed by atoms with Gasteiger partial charge in [-0.3, -0.25) is 0 Å². The predicted molar refractivity (Wildman–Crippen MR) is 204 cm³/mol. The molecule has 51 heavy (non-hydrogen) atoms. The molecule has 0 N–H and O–H groups in total. The first-order valence-corrected chi connectivity index (χ1v) is 16.7. The van der Waals surface area contributed by atoms with Gasteiger partial charge in [0.25, 0.3) is 0 Å². The third kappa shape index (κ3) is 5.09. The second-order valence-electron chi connectivity index (χ2n) is 12.4. The number of hydrogen-bond acceptors (Lipinski definition) is 3. The first-order valence-electron chi connectivity index (χ1n) is 16.7. The monoisotopic (exact) mass is 830 g/mol. The summed E-state index contributed by atoms with van der Waals surface area (Å²) in [5.41, 5.74) is 11.7. The molecule has 0 amide bonds. The molecule has 0 atom stereocenters. The number of benzene rings is 6. The van der Waals surface area contributed by atoms with Gasteiger partial charge in [-0.2, -0.15) is 0 Å². The summed E-state index contributed by atoms with van der Waals surface area (Å²) in [4.78, 5) is 8.81. The van der Waals surface area contributed by atoms with Crippen LogP contribution < -0.4 is 0 Å². The van der Waals surface area contributed by atoms with Gasteiger partial charge in [-0.05, 0) is 75.9 Å². The Kier molecular flexibility index (Phi) is 7.66. The summed E-state index contributed by atoms with van der Waals surface area (Å²) >= 11 is 0. The second-order valence-corrected chi connectivity index (χ2v) is 12.4. The third-order valence-corrected chi connectivity index (χ3v) is 9.52. The molecule has 4 nitrogen and oxygen atoms in total. The van der Waals surface area contributed by atoms with Crippen molar-refractivity contribution in [2.45, 2.75) is 0 Å². The molecular formula is C46H27IrN3O-2. The Morgan fingerprint density at radius 1 is 0.490 bits per heavy atom. The largest absolute Gasteiger partial charge is 0.456 e. The van der Waals surface area contributed by atoms with Crippen LogP contribution >= 0.6 is 0 Å². The van der Waals surface area contributed by atoms with Crippen molar-refractivity contribution in [1.29, 1.82) is 0 Å². The van der Waals surface area contributed by atoms with Crippen LogP contribution in [0.5, 0.6) is 0 Å². The Labute approximate surface area is 307 Å². The van der Waals surface area contributed by atoms with Gasteiger partial charge < -0.3 is 18.8 Å². The molecule has 243 valence electrons. The quantitative estimate of drug-likeness (QED) is 0.167. The van der Waals surface area contributed by atoms with Crippen molar-refractivity contribution in [3.8, 4) is 33.6 Å². The maximum atomic E-state index is 6.30. The average molecular weight is 830 g/mol. The van der Waals surface area contributed by atoms with Crippen molar-refractivity contribution < 1.29 is 24.5 Å². The van der Waals surface area contributed by atoms with E-state index in [-0.39, 0.29) is 20.1 Å². The molecule has 11 aromatic rings. The summed E-state index contributed by atoms with van der Waals surface area (Å²) in [6.45, 7) is 0. The molecule has 0 aliphatic rings. The molecule has 0 saturated heterocycles. The molecular weight excluding hydrogens is 803 g/mol. The summed E-state index contributed by atoms with van der Waals surface area (Å²) in [5.74, 6) is 0. The fraction of sp³-hybridized carbons (Fsp3) is 0. The first kappa shape index (κ1) is 30.9. The van der Waals surface area contributed by atoms with Crippen LogP contribution in [0.4, 0.5) is 0 Å². The summed E-state index contributed by atoms with van der Waals surface area (Å²) in [7, 11) is 0. The van der Waals surface area contributed by atoms with Crippen LogP contribution in [0.25, 0.3) is 93.7 Å². The fourth-order valence-corrected chi connectivity index (χ4v) is 7.31. The van der Waals surface area contributed by atoms with Crippen molar-refractivity contribution in [2.75, 3.05) is 0 Å². The number of furan rings is 1. The van der Waals surface area contributed by atoms with Gasteiger partial charge in [-0.25, -0.2) is 0 Å². The zero-order valence-electron chi connectivity index (χ0n) is 27.2. The normalized spacial score (nSPS) is 11.4. The molecule has 0 bridgehead atoms. The molecule has 1 radical (unpaired) electrons. The maximum Gasteiger partial charge on any atom is 0.137 e. The Morgan fingerprint density at radius 3 is 1.94 bits per heavy atom. The summed E-state index contributed by atoms with van der Waals surface area (Å²) in [5, 5.41) is 7.22. The van der Waals surface area contributed by atoms with Gasteiger partial charge in [0.05, 0.1) is 16.4 Å². The smallest absolute Gasteiger partial charge is 0.137 e. The summed E-state index contributed by atoms with van der Waals surface area (Å²) < 4.78 is 8.73. The van der Waals surface area contributed by atoms with Crippen molar-refractivity contribution in [3.05, 3.63) is 176 Å². The van der Waals surface area contributed by atoms with Gasteiger partial charge in [0.1, 0.15) is 11.2 Å². The van der Waals surface area contributed by atoms with Crippen LogP contribution in [0, 0.1) is 12.1 Å². The van der Waals surface area contributed by atoms with Gasteiger partial charge in [0.2, 0.25) is 0 Å². The summed E-state index contributed by atoms with van der Waals surface area (Å²) in [6, 6.07) is 58.7. The number of rotatable bonds is 3.